The molecule has 1 aromatic rings. The van der Waals surface area contributed by atoms with Crippen molar-refractivity contribution in [3.05, 3.63) is 35.4 Å². The van der Waals surface area contributed by atoms with Crippen molar-refractivity contribution in [1.82, 2.24) is 4.90 Å². The van der Waals surface area contributed by atoms with E-state index in [1.54, 1.807) is 0 Å². The van der Waals surface area contributed by atoms with Crippen LogP contribution < -0.4 is 0 Å². The fourth-order valence-electron chi connectivity index (χ4n) is 2.88. The van der Waals surface area contributed by atoms with Crippen LogP contribution in [0.25, 0.3) is 0 Å². The molecule has 0 bridgehead atoms. The van der Waals surface area contributed by atoms with E-state index in [-0.39, 0.29) is 18.9 Å². The Morgan fingerprint density at radius 3 is 2.35 bits per heavy atom. The Labute approximate surface area is 121 Å². The number of nitrogens with zero attached hydrogens (tertiary/aromatic N) is 1. The van der Waals surface area contributed by atoms with Crippen LogP contribution in [-0.2, 0) is 17.6 Å². The Bertz CT molecular complexity index is 419. The zero-order valence-electron chi connectivity index (χ0n) is 12.3. The van der Waals surface area contributed by atoms with Gasteiger partial charge in [-0.1, -0.05) is 31.2 Å². The van der Waals surface area contributed by atoms with E-state index in [0.29, 0.717) is 5.92 Å². The molecule has 1 saturated heterocycles. The Balaban J connectivity index is 1.80. The van der Waals surface area contributed by atoms with Crippen LogP contribution >= 0.6 is 0 Å². The molecule has 1 amide bonds. The molecular weight excluding hydrogens is 250 g/mol. The van der Waals surface area contributed by atoms with Gasteiger partial charge in [0.2, 0.25) is 5.91 Å². The highest BCUT2D eigenvalue weighted by molar-refractivity contribution is 5.76. The molecule has 1 fully saturated rings. The van der Waals surface area contributed by atoms with Gasteiger partial charge in [0.05, 0.1) is 6.61 Å². The molecule has 1 aliphatic rings. The first-order valence-corrected chi connectivity index (χ1v) is 7.69. The number of aliphatic hydroxyl groups is 1. The number of likely N-dealkylation sites (tertiary alicyclic amines) is 1. The zero-order chi connectivity index (χ0) is 14.4. The smallest absolute Gasteiger partial charge is 0.224 e. The summed E-state index contributed by atoms with van der Waals surface area (Å²) in [5.74, 6) is 0.777. The van der Waals surface area contributed by atoms with Gasteiger partial charge in [0.15, 0.2) is 0 Å². The summed E-state index contributed by atoms with van der Waals surface area (Å²) in [7, 11) is 0. The van der Waals surface area contributed by atoms with Gasteiger partial charge < -0.3 is 10.0 Å². The third kappa shape index (κ3) is 4.07. The van der Waals surface area contributed by atoms with E-state index in [0.717, 1.165) is 38.8 Å². The Morgan fingerprint density at radius 2 is 1.80 bits per heavy atom. The molecule has 1 N–H and O–H groups in total. The maximum Gasteiger partial charge on any atom is 0.224 e. The second kappa shape index (κ2) is 7.44. The maximum atomic E-state index is 11.7. The molecular formula is C17H25NO2. The first-order valence-electron chi connectivity index (χ1n) is 7.69. The first-order chi connectivity index (χ1) is 9.72. The van der Waals surface area contributed by atoms with Crippen LogP contribution in [0.4, 0.5) is 0 Å². The van der Waals surface area contributed by atoms with Gasteiger partial charge in [0, 0.05) is 19.5 Å². The second-order valence-corrected chi connectivity index (χ2v) is 5.67. The number of carbonyl (C=O) groups excluding carboxylic acids is 1. The SMILES string of the molecule is CCc1ccc(CC2CCN(C(=O)CCO)CC2)cc1. The fraction of sp³-hybridized carbons (Fsp3) is 0.588. The predicted molar refractivity (Wildman–Crippen MR) is 80.5 cm³/mol. The van der Waals surface area contributed by atoms with Crippen molar-refractivity contribution in [3.8, 4) is 0 Å². The summed E-state index contributed by atoms with van der Waals surface area (Å²) in [4.78, 5) is 13.6. The van der Waals surface area contributed by atoms with Gasteiger partial charge in [-0.3, -0.25) is 4.79 Å². The largest absolute Gasteiger partial charge is 0.396 e. The van der Waals surface area contributed by atoms with E-state index >= 15 is 0 Å². The summed E-state index contributed by atoms with van der Waals surface area (Å²) in [5.41, 5.74) is 2.79. The number of rotatable bonds is 5. The molecule has 0 spiro atoms. The number of carbonyl (C=O) groups is 1. The lowest BCUT2D eigenvalue weighted by atomic mass is 9.89. The molecule has 1 heterocycles. The molecule has 1 aliphatic heterocycles. The number of aliphatic hydroxyl groups excluding tert-OH is 1. The topological polar surface area (TPSA) is 40.5 Å². The number of benzene rings is 1. The number of hydrogen-bond acceptors (Lipinski definition) is 2. The number of aryl methyl sites for hydroxylation is 1. The van der Waals surface area contributed by atoms with Gasteiger partial charge in [-0.2, -0.15) is 0 Å². The van der Waals surface area contributed by atoms with Crippen molar-refractivity contribution in [1.29, 1.82) is 0 Å². The third-order valence-corrected chi connectivity index (χ3v) is 4.25. The van der Waals surface area contributed by atoms with E-state index in [2.05, 4.69) is 31.2 Å². The van der Waals surface area contributed by atoms with Crippen LogP contribution in [0.15, 0.2) is 24.3 Å². The van der Waals surface area contributed by atoms with Gasteiger partial charge in [-0.15, -0.1) is 0 Å². The highest BCUT2D eigenvalue weighted by atomic mass is 16.3. The van der Waals surface area contributed by atoms with E-state index < -0.39 is 0 Å². The minimum absolute atomic E-state index is 0.0391. The van der Waals surface area contributed by atoms with Gasteiger partial charge >= 0.3 is 0 Å². The molecule has 110 valence electrons. The van der Waals surface area contributed by atoms with Crippen LogP contribution in [-0.4, -0.2) is 35.6 Å². The van der Waals surface area contributed by atoms with Crippen LogP contribution in [0.2, 0.25) is 0 Å². The van der Waals surface area contributed by atoms with Gasteiger partial charge in [0.25, 0.3) is 0 Å². The monoisotopic (exact) mass is 275 g/mol. The maximum absolute atomic E-state index is 11.7. The minimum Gasteiger partial charge on any atom is -0.396 e. The average molecular weight is 275 g/mol. The summed E-state index contributed by atoms with van der Waals surface area (Å²) < 4.78 is 0. The lowest BCUT2D eigenvalue weighted by Crippen LogP contribution is -2.39. The lowest BCUT2D eigenvalue weighted by Gasteiger charge is -2.32. The van der Waals surface area contributed by atoms with Gasteiger partial charge in [-0.25, -0.2) is 0 Å². The third-order valence-electron chi connectivity index (χ3n) is 4.25. The molecule has 20 heavy (non-hydrogen) atoms. The standard InChI is InChI=1S/C17H25NO2/c1-2-14-3-5-15(6-4-14)13-16-7-10-18(11-8-16)17(20)9-12-19/h3-6,16,19H,2,7-13H2,1H3. The van der Waals surface area contributed by atoms with Crippen molar-refractivity contribution < 1.29 is 9.90 Å². The normalized spacial score (nSPS) is 16.4. The van der Waals surface area contributed by atoms with E-state index in [4.69, 9.17) is 5.11 Å². The lowest BCUT2D eigenvalue weighted by molar-refractivity contribution is -0.133. The van der Waals surface area contributed by atoms with E-state index in [9.17, 15) is 4.79 Å². The quantitative estimate of drug-likeness (QED) is 0.896. The molecule has 0 unspecified atom stereocenters. The molecule has 3 heteroatoms. The molecule has 0 saturated carbocycles. The predicted octanol–water partition coefficient (Wildman–Crippen LogP) is 2.41. The average Bonchev–Trinajstić information content (AvgIpc) is 2.49. The summed E-state index contributed by atoms with van der Waals surface area (Å²) in [6.45, 7) is 3.82. The van der Waals surface area contributed by atoms with E-state index in [1.807, 2.05) is 4.90 Å². The second-order valence-electron chi connectivity index (χ2n) is 5.67. The summed E-state index contributed by atoms with van der Waals surface area (Å²) in [6.07, 6.45) is 4.63. The van der Waals surface area contributed by atoms with Crippen LogP contribution in [0.1, 0.15) is 37.3 Å². The molecule has 1 aromatic carbocycles. The van der Waals surface area contributed by atoms with Gasteiger partial charge in [-0.05, 0) is 42.7 Å². The molecule has 0 radical (unpaired) electrons. The number of piperidine rings is 1. The summed E-state index contributed by atoms with van der Waals surface area (Å²) in [6, 6.07) is 8.91. The highest BCUT2D eigenvalue weighted by Crippen LogP contribution is 2.22. The van der Waals surface area contributed by atoms with Crippen molar-refractivity contribution in [2.45, 2.75) is 39.0 Å². The first kappa shape index (κ1) is 15.0. The van der Waals surface area contributed by atoms with Crippen LogP contribution in [0, 0.1) is 5.92 Å². The molecule has 3 nitrogen and oxygen atoms in total. The molecule has 0 atom stereocenters. The molecule has 0 aliphatic carbocycles. The van der Waals surface area contributed by atoms with Gasteiger partial charge in [0.1, 0.15) is 0 Å². The number of hydrogen-bond donors (Lipinski definition) is 1. The van der Waals surface area contributed by atoms with E-state index in [1.165, 1.54) is 11.1 Å². The zero-order valence-corrected chi connectivity index (χ0v) is 12.3. The van der Waals surface area contributed by atoms with Crippen LogP contribution in [0.5, 0.6) is 0 Å². The summed E-state index contributed by atoms with van der Waals surface area (Å²) >= 11 is 0. The molecule has 2 rings (SSSR count). The van der Waals surface area contributed by atoms with Crippen molar-refractivity contribution in [2.75, 3.05) is 19.7 Å². The fourth-order valence-corrected chi connectivity index (χ4v) is 2.88. The van der Waals surface area contributed by atoms with Crippen LogP contribution in [0.3, 0.4) is 0 Å². The minimum atomic E-state index is -0.0391. The molecule has 0 aromatic heterocycles. The number of amides is 1. The van der Waals surface area contributed by atoms with Crippen molar-refractivity contribution in [2.24, 2.45) is 5.92 Å². The summed E-state index contributed by atoms with van der Waals surface area (Å²) in [5, 5.41) is 8.81. The highest BCUT2D eigenvalue weighted by Gasteiger charge is 2.22. The Morgan fingerprint density at radius 1 is 1.20 bits per heavy atom. The van der Waals surface area contributed by atoms with Crippen molar-refractivity contribution in [3.63, 3.8) is 0 Å². The Kier molecular flexibility index (Phi) is 5.60. The van der Waals surface area contributed by atoms with Crippen molar-refractivity contribution >= 4 is 5.91 Å². The Hall–Kier alpha value is -1.35.